The first-order chi connectivity index (χ1) is 8.12. The second-order valence-electron chi connectivity index (χ2n) is 5.51. The molecule has 0 aliphatic heterocycles. The van der Waals surface area contributed by atoms with E-state index in [4.69, 9.17) is 0 Å². The molecule has 0 spiro atoms. The molecule has 1 nitrogen and oxygen atoms in total. The van der Waals surface area contributed by atoms with Crippen LogP contribution < -0.4 is 5.32 Å². The first kappa shape index (κ1) is 15.0. The van der Waals surface area contributed by atoms with Crippen LogP contribution in [0.5, 0.6) is 0 Å². The summed E-state index contributed by atoms with van der Waals surface area (Å²) in [4.78, 5) is 0. The monoisotopic (exact) mass is 263 g/mol. The number of nitrogens with one attached hydrogen (secondary N) is 1. The van der Waals surface area contributed by atoms with Crippen LogP contribution in [-0.4, -0.2) is 13.6 Å². The molecule has 0 aliphatic rings. The molecular formula is C16H22ClN. The molecule has 0 aliphatic carbocycles. The molecule has 18 heavy (non-hydrogen) atoms. The van der Waals surface area contributed by atoms with Gasteiger partial charge >= 0.3 is 0 Å². The Labute approximate surface area is 116 Å². The summed E-state index contributed by atoms with van der Waals surface area (Å²) in [5, 5.41) is 6.00. The molecule has 0 fully saturated rings. The third-order valence-corrected chi connectivity index (χ3v) is 3.20. The molecule has 0 saturated heterocycles. The summed E-state index contributed by atoms with van der Waals surface area (Å²) < 4.78 is 0. The Morgan fingerprint density at radius 1 is 1.00 bits per heavy atom. The van der Waals surface area contributed by atoms with Crippen LogP contribution in [0.25, 0.3) is 10.8 Å². The molecule has 0 saturated carbocycles. The molecule has 2 rings (SSSR count). The maximum absolute atomic E-state index is 3.28. The molecule has 0 radical (unpaired) electrons. The van der Waals surface area contributed by atoms with E-state index in [1.165, 1.54) is 16.3 Å². The summed E-state index contributed by atoms with van der Waals surface area (Å²) in [6.45, 7) is 5.66. The van der Waals surface area contributed by atoms with Crippen LogP contribution in [0.4, 0.5) is 0 Å². The summed E-state index contributed by atoms with van der Waals surface area (Å²) in [7, 11) is 2.02. The lowest BCUT2D eigenvalue weighted by molar-refractivity contribution is 0.351. The van der Waals surface area contributed by atoms with Crippen molar-refractivity contribution in [2.45, 2.75) is 20.3 Å². The highest BCUT2D eigenvalue weighted by molar-refractivity contribution is 5.86. The van der Waals surface area contributed by atoms with E-state index in [9.17, 15) is 0 Å². The topological polar surface area (TPSA) is 12.0 Å². The highest BCUT2D eigenvalue weighted by Gasteiger charge is 2.18. The zero-order chi connectivity index (χ0) is 12.3. The van der Waals surface area contributed by atoms with Gasteiger partial charge in [0.2, 0.25) is 0 Å². The SMILES string of the molecule is CNCC(C)(C)Cc1cccc2ccccc12.Cl. The first-order valence-corrected chi connectivity index (χ1v) is 6.24. The predicted molar refractivity (Wildman–Crippen MR) is 82.6 cm³/mol. The van der Waals surface area contributed by atoms with Crippen molar-refractivity contribution in [2.24, 2.45) is 5.41 Å². The van der Waals surface area contributed by atoms with Gasteiger partial charge in [-0.15, -0.1) is 12.4 Å². The Bertz CT molecular complexity index is 500. The third kappa shape index (κ3) is 3.47. The van der Waals surface area contributed by atoms with Gasteiger partial charge in [0.15, 0.2) is 0 Å². The van der Waals surface area contributed by atoms with Crippen molar-refractivity contribution in [3.8, 4) is 0 Å². The minimum absolute atomic E-state index is 0. The largest absolute Gasteiger partial charge is 0.319 e. The summed E-state index contributed by atoms with van der Waals surface area (Å²) in [5.41, 5.74) is 1.74. The summed E-state index contributed by atoms with van der Waals surface area (Å²) in [5.74, 6) is 0. The van der Waals surface area contributed by atoms with Crippen LogP contribution in [0.2, 0.25) is 0 Å². The molecule has 0 bridgehead atoms. The highest BCUT2D eigenvalue weighted by atomic mass is 35.5. The fourth-order valence-electron chi connectivity index (χ4n) is 2.50. The van der Waals surface area contributed by atoms with E-state index >= 15 is 0 Å². The quantitative estimate of drug-likeness (QED) is 0.878. The fraction of sp³-hybridized carbons (Fsp3) is 0.375. The summed E-state index contributed by atoms with van der Waals surface area (Å²) >= 11 is 0. The van der Waals surface area contributed by atoms with E-state index in [0.717, 1.165) is 13.0 Å². The average Bonchev–Trinajstić information content (AvgIpc) is 2.29. The van der Waals surface area contributed by atoms with Crippen molar-refractivity contribution < 1.29 is 0 Å². The van der Waals surface area contributed by atoms with Gasteiger partial charge in [0.1, 0.15) is 0 Å². The molecule has 2 aromatic carbocycles. The number of halogens is 1. The van der Waals surface area contributed by atoms with E-state index < -0.39 is 0 Å². The lowest BCUT2D eigenvalue weighted by Gasteiger charge is -2.25. The maximum Gasteiger partial charge on any atom is 0.000270 e. The molecule has 2 heteroatoms. The summed E-state index contributed by atoms with van der Waals surface area (Å²) in [6.07, 6.45) is 1.11. The van der Waals surface area contributed by atoms with Crippen molar-refractivity contribution in [1.82, 2.24) is 5.32 Å². The third-order valence-electron chi connectivity index (χ3n) is 3.20. The van der Waals surface area contributed by atoms with Crippen molar-refractivity contribution in [2.75, 3.05) is 13.6 Å². The van der Waals surface area contributed by atoms with E-state index in [2.05, 4.69) is 61.6 Å². The minimum Gasteiger partial charge on any atom is -0.319 e. The Hall–Kier alpha value is -1.05. The van der Waals surface area contributed by atoms with Gasteiger partial charge in [-0.3, -0.25) is 0 Å². The Balaban J connectivity index is 0.00000162. The van der Waals surface area contributed by atoms with E-state index in [0.29, 0.717) is 5.41 Å². The van der Waals surface area contributed by atoms with Crippen molar-refractivity contribution in [3.05, 3.63) is 48.0 Å². The molecule has 1 N–H and O–H groups in total. The number of benzene rings is 2. The van der Waals surface area contributed by atoms with Gasteiger partial charge in [-0.1, -0.05) is 56.3 Å². The minimum atomic E-state index is 0. The number of fused-ring (bicyclic) bond motifs is 1. The molecular weight excluding hydrogens is 242 g/mol. The van der Waals surface area contributed by atoms with Crippen molar-refractivity contribution >= 4 is 23.2 Å². The van der Waals surface area contributed by atoms with Crippen molar-refractivity contribution in [3.63, 3.8) is 0 Å². The molecule has 0 atom stereocenters. The molecule has 2 aromatic rings. The zero-order valence-electron chi connectivity index (χ0n) is 11.4. The Morgan fingerprint density at radius 3 is 2.39 bits per heavy atom. The Kier molecular flexibility index (Phi) is 5.18. The Morgan fingerprint density at radius 2 is 1.67 bits per heavy atom. The smallest absolute Gasteiger partial charge is 0.000270 e. The fourth-order valence-corrected chi connectivity index (χ4v) is 2.50. The number of rotatable bonds is 4. The van der Waals surface area contributed by atoms with Crippen LogP contribution in [0.3, 0.4) is 0 Å². The van der Waals surface area contributed by atoms with Gasteiger partial charge < -0.3 is 5.32 Å². The van der Waals surface area contributed by atoms with Crippen LogP contribution >= 0.6 is 12.4 Å². The lowest BCUT2D eigenvalue weighted by Crippen LogP contribution is -2.28. The van der Waals surface area contributed by atoms with Crippen LogP contribution in [0.1, 0.15) is 19.4 Å². The van der Waals surface area contributed by atoms with Crippen LogP contribution in [0, 0.1) is 5.41 Å². The molecule has 0 amide bonds. The molecule has 0 heterocycles. The van der Waals surface area contributed by atoms with Gasteiger partial charge in [-0.2, -0.15) is 0 Å². The van der Waals surface area contributed by atoms with Crippen molar-refractivity contribution in [1.29, 1.82) is 0 Å². The maximum atomic E-state index is 3.28. The standard InChI is InChI=1S/C16H21N.ClH/c1-16(2,12-17-3)11-14-9-6-8-13-7-4-5-10-15(13)14;/h4-10,17H,11-12H2,1-3H3;1H. The van der Waals surface area contributed by atoms with Gasteiger partial charge in [0.25, 0.3) is 0 Å². The second kappa shape index (κ2) is 6.21. The van der Waals surface area contributed by atoms with Gasteiger partial charge in [0, 0.05) is 6.54 Å². The lowest BCUT2D eigenvalue weighted by atomic mass is 9.84. The van der Waals surface area contributed by atoms with Gasteiger partial charge in [0.05, 0.1) is 0 Å². The van der Waals surface area contributed by atoms with Crippen LogP contribution in [0.15, 0.2) is 42.5 Å². The van der Waals surface area contributed by atoms with Gasteiger partial charge in [-0.05, 0) is 35.2 Å². The molecule has 98 valence electrons. The molecule has 0 unspecified atom stereocenters. The van der Waals surface area contributed by atoms with Crippen LogP contribution in [-0.2, 0) is 6.42 Å². The summed E-state index contributed by atoms with van der Waals surface area (Å²) in [6, 6.07) is 15.2. The van der Waals surface area contributed by atoms with E-state index in [1.54, 1.807) is 0 Å². The van der Waals surface area contributed by atoms with E-state index in [1.807, 2.05) is 7.05 Å². The number of hydrogen-bond donors (Lipinski definition) is 1. The first-order valence-electron chi connectivity index (χ1n) is 6.24. The zero-order valence-corrected chi connectivity index (χ0v) is 12.2. The molecule has 0 aromatic heterocycles. The average molecular weight is 264 g/mol. The predicted octanol–water partition coefficient (Wildman–Crippen LogP) is 4.05. The second-order valence-corrected chi connectivity index (χ2v) is 5.51. The van der Waals surface area contributed by atoms with E-state index in [-0.39, 0.29) is 12.4 Å². The highest BCUT2D eigenvalue weighted by Crippen LogP contribution is 2.26. The number of hydrogen-bond acceptors (Lipinski definition) is 1. The van der Waals surface area contributed by atoms with Gasteiger partial charge in [-0.25, -0.2) is 0 Å². The normalized spacial score (nSPS) is 11.3.